The van der Waals surface area contributed by atoms with Gasteiger partial charge in [0.2, 0.25) is 0 Å². The van der Waals surface area contributed by atoms with Crippen LogP contribution in [0, 0.1) is 25.2 Å². The van der Waals surface area contributed by atoms with Crippen molar-refractivity contribution in [1.29, 1.82) is 0 Å². The van der Waals surface area contributed by atoms with Crippen LogP contribution in [0.1, 0.15) is 67.6 Å². The lowest BCUT2D eigenvalue weighted by molar-refractivity contribution is 0.0593. The summed E-state index contributed by atoms with van der Waals surface area (Å²) in [5.74, 6) is 0.383. The number of aromatic nitrogens is 2. The number of carbonyl (C=O) groups excluding carboxylic acids is 1. The molecule has 0 saturated heterocycles. The van der Waals surface area contributed by atoms with Gasteiger partial charge in [-0.1, -0.05) is 38.1 Å². The fourth-order valence-electron chi connectivity index (χ4n) is 5.93. The topological polar surface area (TPSA) is 120 Å². The summed E-state index contributed by atoms with van der Waals surface area (Å²) in [4.78, 5) is 20.6. The van der Waals surface area contributed by atoms with Gasteiger partial charge in [0.25, 0.3) is 10.0 Å². The molecule has 2 heterocycles. The molecule has 9 nitrogen and oxygen atoms in total. The zero-order chi connectivity index (χ0) is 30.1. The number of halogens is 1. The molecule has 11 heteroatoms. The molecule has 5 rings (SSSR count). The highest BCUT2D eigenvalue weighted by Gasteiger charge is 2.53. The molecule has 3 aromatic rings. The summed E-state index contributed by atoms with van der Waals surface area (Å²) in [5.41, 5.74) is 4.04. The van der Waals surface area contributed by atoms with Crippen LogP contribution in [0.25, 0.3) is 11.3 Å². The van der Waals surface area contributed by atoms with Crippen LogP contribution in [0.4, 0.5) is 5.82 Å². The highest BCUT2D eigenvalue weighted by atomic mass is 35.5. The van der Waals surface area contributed by atoms with Crippen LogP contribution in [0.15, 0.2) is 53.6 Å². The Morgan fingerprint density at radius 2 is 1.72 bits per heavy atom. The zero-order valence-corrected chi connectivity index (χ0v) is 27.0. The van der Waals surface area contributed by atoms with Crippen molar-refractivity contribution < 1.29 is 22.7 Å². The first kappa shape index (κ1) is 32.7. The largest absolute Gasteiger partial charge is 0.492 e. The molecule has 2 aromatic heterocycles. The summed E-state index contributed by atoms with van der Waals surface area (Å²) in [6.45, 7) is 8.86. The van der Waals surface area contributed by atoms with Crippen molar-refractivity contribution in [2.45, 2.75) is 76.9 Å². The smallest absolute Gasteiger partial charge is 0.356 e. The van der Waals surface area contributed by atoms with E-state index in [-0.39, 0.29) is 35.0 Å². The predicted octanol–water partition coefficient (Wildman–Crippen LogP) is 6.10. The van der Waals surface area contributed by atoms with Gasteiger partial charge in [-0.2, -0.15) is 8.42 Å². The van der Waals surface area contributed by atoms with E-state index in [9.17, 15) is 13.2 Å². The van der Waals surface area contributed by atoms with E-state index in [0.717, 1.165) is 23.1 Å². The molecule has 0 unspecified atom stereocenters. The summed E-state index contributed by atoms with van der Waals surface area (Å²) in [6, 6.07) is 14.3. The third-order valence-electron chi connectivity index (χ3n) is 8.16. The molecular weight excluding hydrogens is 588 g/mol. The van der Waals surface area contributed by atoms with Crippen LogP contribution in [-0.4, -0.2) is 50.2 Å². The minimum Gasteiger partial charge on any atom is -0.492 e. The van der Waals surface area contributed by atoms with Gasteiger partial charge in [0.1, 0.15) is 23.9 Å². The third kappa shape index (κ3) is 7.85. The fraction of sp³-hybridized carbons (Fsp3) is 0.469. The molecule has 232 valence electrons. The van der Waals surface area contributed by atoms with E-state index in [1.54, 1.807) is 6.07 Å². The van der Waals surface area contributed by atoms with Crippen LogP contribution in [0.3, 0.4) is 0 Å². The van der Waals surface area contributed by atoms with Crippen LogP contribution in [0.5, 0.6) is 5.75 Å². The normalized spacial score (nSPS) is 16.2. The Labute approximate surface area is 260 Å². The number of hydrogen-bond donors (Lipinski definition) is 2. The molecule has 2 aliphatic carbocycles. The Hall–Kier alpha value is -3.21. The fourth-order valence-corrected chi connectivity index (χ4v) is 6.89. The molecule has 2 saturated carbocycles. The zero-order valence-electron chi connectivity index (χ0n) is 25.3. The lowest BCUT2D eigenvalue weighted by Crippen LogP contribution is -2.49. The van der Waals surface area contributed by atoms with E-state index in [2.05, 4.69) is 33.9 Å². The number of pyridine rings is 2. The maximum atomic E-state index is 13.3. The maximum absolute atomic E-state index is 13.3. The minimum absolute atomic E-state index is 0. The average molecular weight is 629 g/mol. The molecule has 1 aromatic carbocycles. The van der Waals surface area contributed by atoms with Gasteiger partial charge in [-0.25, -0.2) is 14.8 Å². The van der Waals surface area contributed by atoms with Crippen LogP contribution in [-0.2, 0) is 14.8 Å². The second kappa shape index (κ2) is 13.2. The number of esters is 1. The summed E-state index contributed by atoms with van der Waals surface area (Å²) in [6.07, 6.45) is 6.17. The van der Waals surface area contributed by atoms with Gasteiger partial charge in [-0.05, 0) is 80.5 Å². The van der Waals surface area contributed by atoms with Gasteiger partial charge >= 0.3 is 5.97 Å². The van der Waals surface area contributed by atoms with E-state index < -0.39 is 16.0 Å². The van der Waals surface area contributed by atoms with E-state index in [0.29, 0.717) is 35.4 Å². The molecule has 1 atom stereocenters. The van der Waals surface area contributed by atoms with Crippen LogP contribution >= 0.6 is 12.4 Å². The molecular formula is C32H41ClN4O5S. The summed E-state index contributed by atoms with van der Waals surface area (Å²) in [5, 5.41) is 3.49. The number of carbonyl (C=O) groups is 1. The monoisotopic (exact) mass is 628 g/mol. The van der Waals surface area contributed by atoms with Crippen molar-refractivity contribution in [3.05, 3.63) is 65.4 Å². The molecule has 0 bridgehead atoms. The van der Waals surface area contributed by atoms with Crippen molar-refractivity contribution in [3.63, 3.8) is 0 Å². The number of methoxy groups -OCH3 is 1. The molecule has 1 spiro atoms. The molecule has 0 aliphatic heterocycles. The van der Waals surface area contributed by atoms with E-state index in [1.807, 2.05) is 38.1 Å². The highest BCUT2D eigenvalue weighted by Crippen LogP contribution is 2.60. The van der Waals surface area contributed by atoms with Gasteiger partial charge in [0.05, 0.1) is 12.8 Å². The third-order valence-corrected chi connectivity index (χ3v) is 9.42. The number of anilines is 1. The lowest BCUT2D eigenvalue weighted by atomic mass is 9.76. The van der Waals surface area contributed by atoms with Crippen molar-refractivity contribution in [2.75, 3.05) is 18.4 Å². The summed E-state index contributed by atoms with van der Waals surface area (Å²) < 4.78 is 40.3. The maximum Gasteiger partial charge on any atom is 0.356 e. The first-order valence-electron chi connectivity index (χ1n) is 14.5. The van der Waals surface area contributed by atoms with Gasteiger partial charge in [0.15, 0.2) is 5.03 Å². The number of ether oxygens (including phenoxy) is 2. The quantitative estimate of drug-likeness (QED) is 0.231. The van der Waals surface area contributed by atoms with E-state index in [1.165, 1.54) is 51.0 Å². The van der Waals surface area contributed by atoms with Crippen LogP contribution < -0.4 is 14.8 Å². The Bertz CT molecular complexity index is 1550. The van der Waals surface area contributed by atoms with Crippen molar-refractivity contribution in [3.8, 4) is 17.0 Å². The number of sulfonamides is 1. The Kier molecular flexibility index (Phi) is 10.0. The first-order chi connectivity index (χ1) is 20.0. The van der Waals surface area contributed by atoms with Crippen molar-refractivity contribution >= 4 is 34.2 Å². The molecule has 0 amide bonds. The minimum atomic E-state index is -4.18. The standard InChI is InChI=1S/C32H40N4O5S.ClH/c1-20(2)14-23(33-24-17-32(18-24)12-13-32)19-41-25-15-27(30-21(3)8-6-9-22(30)4)34-28(16-25)36-42(38,39)29-11-7-10-26(35-29)31(37)40-5;/h6-11,15-16,20,23-24,33H,12-14,17-19H2,1-5H3,(H,34,36);1H/t23-;/m1./s1. The number of aryl methyl sites for hydroxylation is 2. The number of benzene rings is 1. The van der Waals surface area contributed by atoms with Gasteiger partial charge in [-0.15, -0.1) is 12.4 Å². The number of nitrogens with one attached hydrogen (secondary N) is 2. The SMILES string of the molecule is COC(=O)c1cccc(S(=O)(=O)Nc2cc(OC[C@@H](CC(C)C)NC3CC4(CC4)C3)cc(-c3c(C)cccc3C)n2)n1.Cl. The number of hydrogen-bond acceptors (Lipinski definition) is 8. The molecule has 2 N–H and O–H groups in total. The van der Waals surface area contributed by atoms with Gasteiger partial charge in [-0.3, -0.25) is 4.72 Å². The number of rotatable bonds is 12. The van der Waals surface area contributed by atoms with Crippen LogP contribution in [0.2, 0.25) is 0 Å². The second-order valence-electron chi connectivity index (χ2n) is 12.2. The molecule has 2 aliphatic rings. The Morgan fingerprint density at radius 3 is 2.35 bits per heavy atom. The average Bonchev–Trinajstić information content (AvgIpc) is 3.71. The molecule has 0 radical (unpaired) electrons. The summed E-state index contributed by atoms with van der Waals surface area (Å²) in [7, 11) is -2.96. The van der Waals surface area contributed by atoms with Gasteiger partial charge < -0.3 is 14.8 Å². The van der Waals surface area contributed by atoms with Crippen molar-refractivity contribution in [1.82, 2.24) is 15.3 Å². The lowest BCUT2D eigenvalue weighted by Gasteiger charge is -2.39. The molecule has 2 fully saturated rings. The van der Waals surface area contributed by atoms with Crippen molar-refractivity contribution in [2.24, 2.45) is 11.3 Å². The highest BCUT2D eigenvalue weighted by molar-refractivity contribution is 7.92. The predicted molar refractivity (Wildman–Crippen MR) is 169 cm³/mol. The van der Waals surface area contributed by atoms with E-state index in [4.69, 9.17) is 9.47 Å². The first-order valence-corrected chi connectivity index (χ1v) is 16.0. The summed E-state index contributed by atoms with van der Waals surface area (Å²) >= 11 is 0. The van der Waals surface area contributed by atoms with Gasteiger partial charge in [0, 0.05) is 29.8 Å². The Balaban J connectivity index is 0.00000423. The molecule has 43 heavy (non-hydrogen) atoms. The van der Waals surface area contributed by atoms with E-state index >= 15 is 0 Å². The second-order valence-corrected chi connectivity index (χ2v) is 13.8. The number of nitrogens with zero attached hydrogens (tertiary/aromatic N) is 2. The Morgan fingerprint density at radius 1 is 1.05 bits per heavy atom.